The molecule has 25 heavy (non-hydrogen) atoms. The van der Waals surface area contributed by atoms with Crippen LogP contribution in [0.1, 0.15) is 49.0 Å². The normalized spacial score (nSPS) is 21.7. The minimum Gasteiger partial charge on any atom is -0.342 e. The monoisotopic (exact) mass is 342 g/mol. The van der Waals surface area contributed by atoms with E-state index < -0.39 is 0 Å². The predicted octanol–water partition coefficient (Wildman–Crippen LogP) is 2.92. The van der Waals surface area contributed by atoms with Gasteiger partial charge in [-0.2, -0.15) is 0 Å². The van der Waals surface area contributed by atoms with Gasteiger partial charge in [0.25, 0.3) is 0 Å². The van der Waals surface area contributed by atoms with E-state index in [1.54, 1.807) is 0 Å². The van der Waals surface area contributed by atoms with Gasteiger partial charge in [0, 0.05) is 31.1 Å². The highest BCUT2D eigenvalue weighted by molar-refractivity contribution is 5.98. The average molecular weight is 342 g/mol. The van der Waals surface area contributed by atoms with Gasteiger partial charge in [-0.05, 0) is 43.7 Å². The van der Waals surface area contributed by atoms with Crippen molar-refractivity contribution in [2.45, 2.75) is 39.5 Å². The first-order valence-corrected chi connectivity index (χ1v) is 9.67. The summed E-state index contributed by atoms with van der Waals surface area (Å²) in [5.41, 5.74) is 2.11. The summed E-state index contributed by atoms with van der Waals surface area (Å²) >= 11 is 0. The van der Waals surface area contributed by atoms with Gasteiger partial charge in [-0.1, -0.05) is 38.1 Å². The second-order valence-electron chi connectivity index (χ2n) is 7.95. The number of piperidine rings is 1. The number of amides is 1. The fourth-order valence-corrected chi connectivity index (χ4v) is 4.00. The Morgan fingerprint density at radius 2 is 1.76 bits per heavy atom. The van der Waals surface area contributed by atoms with Gasteiger partial charge in [-0.15, -0.1) is 0 Å². The molecule has 1 N–H and O–H groups in total. The van der Waals surface area contributed by atoms with Gasteiger partial charge in [0.2, 0.25) is 5.91 Å². The Kier molecular flexibility index (Phi) is 5.89. The lowest BCUT2D eigenvalue weighted by Gasteiger charge is -2.33. The van der Waals surface area contributed by atoms with Crippen molar-refractivity contribution in [3.8, 4) is 0 Å². The minimum absolute atomic E-state index is 0.0571. The number of hydrogen-bond acceptors (Lipinski definition) is 3. The van der Waals surface area contributed by atoms with Crippen LogP contribution >= 0.6 is 0 Å². The third kappa shape index (κ3) is 4.49. The average Bonchev–Trinajstić information content (AvgIpc) is 3.15. The highest BCUT2D eigenvalue weighted by Crippen LogP contribution is 2.24. The highest BCUT2D eigenvalue weighted by Gasteiger charge is 2.32. The number of carbonyl (C=O) groups excluding carboxylic acids is 2. The van der Waals surface area contributed by atoms with E-state index in [-0.39, 0.29) is 23.5 Å². The maximum atomic E-state index is 12.8. The van der Waals surface area contributed by atoms with E-state index in [4.69, 9.17) is 0 Å². The van der Waals surface area contributed by atoms with E-state index in [1.165, 1.54) is 5.56 Å². The Hall–Kier alpha value is -1.68. The number of rotatable bonds is 5. The SMILES string of the molecule is CC(C)Cc1ccc(C(=O)C2CCN(C(=O)C3CCNC3)CC2)cc1. The van der Waals surface area contributed by atoms with Crippen molar-refractivity contribution in [2.75, 3.05) is 26.2 Å². The summed E-state index contributed by atoms with van der Waals surface area (Å²) in [5, 5.41) is 3.26. The topological polar surface area (TPSA) is 49.4 Å². The maximum Gasteiger partial charge on any atom is 0.227 e. The number of carbonyl (C=O) groups is 2. The van der Waals surface area contributed by atoms with Crippen molar-refractivity contribution in [3.05, 3.63) is 35.4 Å². The summed E-state index contributed by atoms with van der Waals surface area (Å²) in [4.78, 5) is 27.2. The lowest BCUT2D eigenvalue weighted by atomic mass is 9.88. The fraction of sp³-hybridized carbons (Fsp3) is 0.619. The van der Waals surface area contributed by atoms with Gasteiger partial charge in [0.05, 0.1) is 5.92 Å². The molecule has 2 saturated heterocycles. The first kappa shape index (κ1) is 18.1. The summed E-state index contributed by atoms with van der Waals surface area (Å²) in [5.74, 6) is 1.33. The third-order valence-electron chi connectivity index (χ3n) is 5.47. The zero-order valence-corrected chi connectivity index (χ0v) is 15.5. The molecule has 0 bridgehead atoms. The van der Waals surface area contributed by atoms with Crippen molar-refractivity contribution in [1.82, 2.24) is 10.2 Å². The van der Waals surface area contributed by atoms with Gasteiger partial charge < -0.3 is 10.2 Å². The summed E-state index contributed by atoms with van der Waals surface area (Å²) < 4.78 is 0. The number of benzene rings is 1. The van der Waals surface area contributed by atoms with Gasteiger partial charge >= 0.3 is 0 Å². The van der Waals surface area contributed by atoms with Crippen LogP contribution in [0.2, 0.25) is 0 Å². The smallest absolute Gasteiger partial charge is 0.227 e. The summed E-state index contributed by atoms with van der Waals surface area (Å²) in [6.07, 6.45) is 3.57. The van der Waals surface area contributed by atoms with Gasteiger partial charge in [-0.3, -0.25) is 9.59 Å². The van der Waals surface area contributed by atoms with E-state index in [2.05, 4.69) is 31.3 Å². The Morgan fingerprint density at radius 3 is 2.32 bits per heavy atom. The zero-order valence-electron chi connectivity index (χ0n) is 15.5. The molecule has 0 aromatic heterocycles. The molecule has 2 heterocycles. The molecule has 0 spiro atoms. The molecule has 2 aliphatic rings. The van der Waals surface area contributed by atoms with E-state index in [1.807, 2.05) is 17.0 Å². The number of hydrogen-bond donors (Lipinski definition) is 1. The van der Waals surface area contributed by atoms with Crippen LogP contribution in [0.5, 0.6) is 0 Å². The summed E-state index contributed by atoms with van der Waals surface area (Å²) in [6.45, 7) is 7.60. The number of likely N-dealkylation sites (tertiary alicyclic amines) is 1. The molecule has 1 aromatic carbocycles. The second kappa shape index (κ2) is 8.13. The number of ketones is 1. The summed E-state index contributed by atoms with van der Waals surface area (Å²) in [7, 11) is 0. The lowest BCUT2D eigenvalue weighted by molar-refractivity contribution is -0.136. The fourth-order valence-electron chi connectivity index (χ4n) is 4.00. The largest absolute Gasteiger partial charge is 0.342 e. The van der Waals surface area contributed by atoms with Crippen molar-refractivity contribution in [1.29, 1.82) is 0 Å². The molecule has 0 aliphatic carbocycles. The molecule has 0 radical (unpaired) electrons. The molecule has 4 heteroatoms. The van der Waals surface area contributed by atoms with Crippen LogP contribution in [0.4, 0.5) is 0 Å². The molecule has 136 valence electrons. The first-order chi connectivity index (χ1) is 12.0. The molecule has 3 rings (SSSR count). The van der Waals surface area contributed by atoms with Gasteiger partial charge in [-0.25, -0.2) is 0 Å². The van der Waals surface area contributed by atoms with Crippen LogP contribution in [0.15, 0.2) is 24.3 Å². The lowest BCUT2D eigenvalue weighted by Crippen LogP contribution is -2.43. The summed E-state index contributed by atoms with van der Waals surface area (Å²) in [6, 6.07) is 8.11. The molecule has 2 fully saturated rings. The van der Waals surface area contributed by atoms with Crippen molar-refractivity contribution >= 4 is 11.7 Å². The van der Waals surface area contributed by atoms with E-state index in [9.17, 15) is 9.59 Å². The van der Waals surface area contributed by atoms with Crippen LogP contribution in [-0.2, 0) is 11.2 Å². The van der Waals surface area contributed by atoms with Crippen molar-refractivity contribution < 1.29 is 9.59 Å². The molecular formula is C21H30N2O2. The maximum absolute atomic E-state index is 12.8. The number of nitrogens with one attached hydrogen (secondary N) is 1. The molecule has 4 nitrogen and oxygen atoms in total. The first-order valence-electron chi connectivity index (χ1n) is 9.67. The molecule has 2 aliphatic heterocycles. The van der Waals surface area contributed by atoms with Crippen molar-refractivity contribution in [2.24, 2.45) is 17.8 Å². The van der Waals surface area contributed by atoms with Gasteiger partial charge in [0.15, 0.2) is 5.78 Å². The van der Waals surface area contributed by atoms with E-state index >= 15 is 0 Å². The Labute approximate surface area is 151 Å². The Balaban J connectivity index is 1.53. The molecule has 1 amide bonds. The standard InChI is InChI=1S/C21H30N2O2/c1-15(2)13-16-3-5-17(6-4-16)20(24)18-8-11-23(12-9-18)21(25)19-7-10-22-14-19/h3-6,15,18-19,22H,7-14H2,1-2H3. The van der Waals surface area contributed by atoms with Crippen LogP contribution in [0.3, 0.4) is 0 Å². The highest BCUT2D eigenvalue weighted by atomic mass is 16.2. The van der Waals surface area contributed by atoms with E-state index in [0.717, 1.165) is 57.4 Å². The molecule has 1 atom stereocenters. The quantitative estimate of drug-likeness (QED) is 0.837. The molecule has 1 unspecified atom stereocenters. The van der Waals surface area contributed by atoms with E-state index in [0.29, 0.717) is 5.92 Å². The number of nitrogens with zero attached hydrogens (tertiary/aromatic N) is 1. The minimum atomic E-state index is 0.0571. The molecule has 1 aromatic rings. The van der Waals surface area contributed by atoms with Gasteiger partial charge in [0.1, 0.15) is 0 Å². The third-order valence-corrected chi connectivity index (χ3v) is 5.47. The molecular weight excluding hydrogens is 312 g/mol. The predicted molar refractivity (Wildman–Crippen MR) is 99.6 cm³/mol. The Bertz CT molecular complexity index is 595. The Morgan fingerprint density at radius 1 is 1.08 bits per heavy atom. The van der Waals surface area contributed by atoms with Crippen LogP contribution in [-0.4, -0.2) is 42.8 Å². The van der Waals surface area contributed by atoms with Crippen LogP contribution in [0.25, 0.3) is 0 Å². The van der Waals surface area contributed by atoms with Crippen molar-refractivity contribution in [3.63, 3.8) is 0 Å². The molecule has 0 saturated carbocycles. The number of Topliss-reactive ketones (excluding diaryl/α,β-unsaturated/α-hetero) is 1. The zero-order chi connectivity index (χ0) is 17.8. The van der Waals surface area contributed by atoms with Crippen LogP contribution < -0.4 is 5.32 Å². The van der Waals surface area contributed by atoms with Crippen LogP contribution in [0, 0.1) is 17.8 Å². The second-order valence-corrected chi connectivity index (χ2v) is 7.95.